The lowest BCUT2D eigenvalue weighted by Crippen LogP contribution is -2.55. The van der Waals surface area contributed by atoms with Crippen LogP contribution >= 0.6 is 0 Å². The maximum atomic E-state index is 10.7. The Morgan fingerprint density at radius 3 is 2.02 bits per heavy atom. The van der Waals surface area contributed by atoms with Crippen LogP contribution in [0.5, 0.6) is 0 Å². The molecule has 0 bridgehead atoms. The van der Waals surface area contributed by atoms with Crippen molar-refractivity contribution in [2.75, 3.05) is 0 Å². The Morgan fingerprint density at radius 1 is 0.792 bits per heavy atom. The summed E-state index contributed by atoms with van der Waals surface area (Å²) in [4.78, 5) is 10.5. The first-order valence-corrected chi connectivity index (χ1v) is 21.0. The summed E-state index contributed by atoms with van der Waals surface area (Å²) in [6.45, 7) is 12.4. The van der Waals surface area contributed by atoms with E-state index in [4.69, 9.17) is 5.11 Å². The van der Waals surface area contributed by atoms with Crippen molar-refractivity contribution in [1.82, 2.24) is 0 Å². The number of carboxylic acid groups (broad SMARTS) is 1. The lowest BCUT2D eigenvalue weighted by Gasteiger charge is -2.64. The van der Waals surface area contributed by atoms with Gasteiger partial charge >= 0.3 is 5.97 Å². The van der Waals surface area contributed by atoms with Gasteiger partial charge in [-0.2, -0.15) is 0 Å². The highest BCUT2D eigenvalue weighted by molar-refractivity contribution is 5.79. The van der Waals surface area contributed by atoms with Crippen LogP contribution in [-0.2, 0) is 4.79 Å². The zero-order valence-electron chi connectivity index (χ0n) is 32.2. The summed E-state index contributed by atoms with van der Waals surface area (Å²) in [6.07, 6.45) is 39.3. The van der Waals surface area contributed by atoms with Crippen molar-refractivity contribution >= 4 is 5.97 Å². The average Bonchev–Trinajstić information content (AvgIpc) is 3.40. The maximum Gasteiger partial charge on any atom is 0.327 e. The van der Waals surface area contributed by atoms with E-state index in [0.717, 1.165) is 37.5 Å². The second-order valence-corrected chi connectivity index (χ2v) is 17.9. The smallest absolute Gasteiger partial charge is 0.327 e. The highest BCUT2D eigenvalue weighted by Crippen LogP contribution is 2.72. The van der Waals surface area contributed by atoms with Crippen LogP contribution in [0.4, 0.5) is 0 Å². The molecule has 3 saturated carbocycles. The fourth-order valence-electron chi connectivity index (χ4n) is 11.8. The molecule has 3 fully saturated rings. The number of carbonyl (C=O) groups is 1. The highest BCUT2D eigenvalue weighted by atomic mass is 16.4. The fourth-order valence-corrected chi connectivity index (χ4v) is 11.8. The van der Waals surface area contributed by atoms with E-state index in [1.165, 1.54) is 153 Å². The maximum absolute atomic E-state index is 10.7. The highest BCUT2D eigenvalue weighted by Gasteiger charge is 2.62. The SMILES string of the molecule is CC(C)=CCC[C@@H](C)[C@H]1CCC2=C3CCC4CC(O)CC[C@]4(C)C3(CCCCCCCCCCCCCCCC=CC(=O)O)CC[C@@]21C. The van der Waals surface area contributed by atoms with Gasteiger partial charge in [0.15, 0.2) is 0 Å². The molecule has 2 N–H and O–H groups in total. The molecule has 0 aliphatic heterocycles. The third kappa shape index (κ3) is 9.70. The Balaban J connectivity index is 1.25. The number of aliphatic hydroxyl groups is 1. The van der Waals surface area contributed by atoms with Crippen molar-refractivity contribution in [3.8, 4) is 0 Å². The van der Waals surface area contributed by atoms with E-state index < -0.39 is 5.97 Å². The molecule has 3 nitrogen and oxygen atoms in total. The van der Waals surface area contributed by atoms with Crippen LogP contribution in [0.15, 0.2) is 34.9 Å². The van der Waals surface area contributed by atoms with Gasteiger partial charge in [0, 0.05) is 6.08 Å². The van der Waals surface area contributed by atoms with E-state index in [9.17, 15) is 9.90 Å². The quantitative estimate of drug-likeness (QED) is 0.0729. The van der Waals surface area contributed by atoms with Crippen LogP contribution in [0, 0.1) is 34.0 Å². The van der Waals surface area contributed by atoms with Crippen molar-refractivity contribution in [1.29, 1.82) is 0 Å². The Labute approximate surface area is 296 Å². The normalized spacial score (nSPS) is 32.2. The predicted octanol–water partition coefficient (Wildman–Crippen LogP) is 13.3. The Morgan fingerprint density at radius 2 is 1.40 bits per heavy atom. The summed E-state index contributed by atoms with van der Waals surface area (Å²) in [5.41, 5.74) is 6.54. The number of allylic oxidation sites excluding steroid dienone is 5. The molecular formula is C45H76O3. The molecule has 48 heavy (non-hydrogen) atoms. The number of fused-ring (bicyclic) bond motifs is 4. The first-order chi connectivity index (χ1) is 23.0. The number of hydrogen-bond acceptors (Lipinski definition) is 2. The number of aliphatic hydroxyl groups excluding tert-OH is 1. The number of carboxylic acids is 1. The lowest BCUT2D eigenvalue weighted by molar-refractivity contribution is -0.131. The van der Waals surface area contributed by atoms with Gasteiger partial charge in [0.05, 0.1) is 6.10 Å². The minimum Gasteiger partial charge on any atom is -0.478 e. The van der Waals surface area contributed by atoms with Crippen molar-refractivity contribution < 1.29 is 15.0 Å². The van der Waals surface area contributed by atoms with Gasteiger partial charge in [-0.15, -0.1) is 0 Å². The average molecular weight is 665 g/mol. The molecule has 0 heterocycles. The molecule has 0 saturated heterocycles. The molecule has 4 aliphatic carbocycles. The van der Waals surface area contributed by atoms with Gasteiger partial charge in [-0.1, -0.05) is 127 Å². The van der Waals surface area contributed by atoms with E-state index in [1.54, 1.807) is 6.08 Å². The third-order valence-electron chi connectivity index (χ3n) is 14.6. The van der Waals surface area contributed by atoms with Crippen LogP contribution in [0.3, 0.4) is 0 Å². The predicted molar refractivity (Wildman–Crippen MR) is 204 cm³/mol. The number of rotatable bonds is 21. The number of aliphatic carboxylic acids is 1. The van der Waals surface area contributed by atoms with Crippen molar-refractivity contribution in [2.45, 2.75) is 208 Å². The number of unbranched alkanes of at least 4 members (excludes halogenated alkanes) is 13. The molecule has 7 atom stereocenters. The van der Waals surface area contributed by atoms with Crippen LogP contribution in [0.2, 0.25) is 0 Å². The largest absolute Gasteiger partial charge is 0.478 e. The number of hydrogen-bond donors (Lipinski definition) is 2. The molecule has 274 valence electrons. The van der Waals surface area contributed by atoms with E-state index in [1.807, 2.05) is 11.1 Å². The van der Waals surface area contributed by atoms with E-state index in [2.05, 4.69) is 40.7 Å². The van der Waals surface area contributed by atoms with Crippen LogP contribution in [-0.4, -0.2) is 22.3 Å². The first kappa shape index (κ1) is 39.4. The van der Waals surface area contributed by atoms with Gasteiger partial charge in [0.2, 0.25) is 0 Å². The Bertz CT molecular complexity index is 1100. The summed E-state index contributed by atoms with van der Waals surface area (Å²) in [7, 11) is 0. The van der Waals surface area contributed by atoms with Crippen molar-refractivity contribution in [3.05, 3.63) is 34.9 Å². The summed E-state index contributed by atoms with van der Waals surface area (Å²) >= 11 is 0. The molecule has 0 aromatic heterocycles. The fraction of sp³-hybridized carbons (Fsp3) is 0.844. The minimum atomic E-state index is -0.833. The molecule has 3 heteroatoms. The standard InChI is InChI=1S/C45H76O3/c1-35(2)22-21-23-36(3)39-27-28-40-41-26-25-37-34-38(46)29-31-44(37,5)45(41,33-32-43(39,40)4)30-20-18-16-14-12-10-8-6-7-9-11-13-15-17-19-24-42(47)48/h19,22,24,36-39,46H,6-18,20-21,23,25-34H2,1-5H3,(H,47,48)/t36-,37?,38?,39-,43-,44+,45?/m1/s1. The topological polar surface area (TPSA) is 57.5 Å². The zero-order valence-corrected chi connectivity index (χ0v) is 32.2. The van der Waals surface area contributed by atoms with E-state index >= 15 is 0 Å². The monoisotopic (exact) mass is 665 g/mol. The molecular weight excluding hydrogens is 588 g/mol. The molecule has 3 unspecified atom stereocenters. The van der Waals surface area contributed by atoms with Crippen molar-refractivity contribution in [3.63, 3.8) is 0 Å². The summed E-state index contributed by atoms with van der Waals surface area (Å²) in [5.74, 6) is 1.52. The summed E-state index contributed by atoms with van der Waals surface area (Å²) in [6, 6.07) is 0. The Kier molecular flexibility index (Phi) is 15.4. The molecule has 0 spiro atoms. The van der Waals surface area contributed by atoms with Crippen LogP contribution in [0.25, 0.3) is 0 Å². The van der Waals surface area contributed by atoms with Gasteiger partial charge in [0.1, 0.15) is 0 Å². The van der Waals surface area contributed by atoms with Crippen LogP contribution in [0.1, 0.15) is 202 Å². The third-order valence-corrected chi connectivity index (χ3v) is 14.6. The van der Waals surface area contributed by atoms with Gasteiger partial charge < -0.3 is 10.2 Å². The molecule has 0 aromatic rings. The molecule has 4 aliphatic rings. The first-order valence-electron chi connectivity index (χ1n) is 21.0. The van der Waals surface area contributed by atoms with E-state index in [-0.39, 0.29) is 6.10 Å². The van der Waals surface area contributed by atoms with E-state index in [0.29, 0.717) is 22.2 Å². The second kappa shape index (κ2) is 18.8. The summed E-state index contributed by atoms with van der Waals surface area (Å²) in [5, 5.41) is 19.4. The van der Waals surface area contributed by atoms with Crippen molar-refractivity contribution in [2.24, 2.45) is 34.0 Å². The molecule has 4 rings (SSSR count). The second-order valence-electron chi connectivity index (χ2n) is 17.9. The van der Waals surface area contributed by atoms with Gasteiger partial charge in [-0.3, -0.25) is 0 Å². The Hall–Kier alpha value is -1.35. The zero-order chi connectivity index (χ0) is 34.6. The van der Waals surface area contributed by atoms with Gasteiger partial charge in [0.25, 0.3) is 0 Å². The minimum absolute atomic E-state index is 0.0692. The lowest BCUT2D eigenvalue weighted by atomic mass is 9.40. The molecule has 0 radical (unpaired) electrons. The molecule has 0 aromatic carbocycles. The van der Waals surface area contributed by atoms with Gasteiger partial charge in [-0.05, 0) is 138 Å². The summed E-state index contributed by atoms with van der Waals surface area (Å²) < 4.78 is 0. The van der Waals surface area contributed by atoms with Gasteiger partial charge in [-0.25, -0.2) is 4.79 Å². The molecule has 0 amide bonds. The van der Waals surface area contributed by atoms with Crippen LogP contribution < -0.4 is 0 Å².